The summed E-state index contributed by atoms with van der Waals surface area (Å²) < 4.78 is 0. The van der Waals surface area contributed by atoms with Gasteiger partial charge in [-0.2, -0.15) is 0 Å². The van der Waals surface area contributed by atoms with E-state index in [9.17, 15) is 0 Å². The predicted molar refractivity (Wildman–Crippen MR) is 106 cm³/mol. The van der Waals surface area contributed by atoms with Gasteiger partial charge in [-0.05, 0) is 42.7 Å². The second-order valence-electron chi connectivity index (χ2n) is 6.90. The molecule has 3 atom stereocenters. The van der Waals surface area contributed by atoms with Gasteiger partial charge in [0, 0.05) is 47.0 Å². The summed E-state index contributed by atoms with van der Waals surface area (Å²) in [5.74, 6) is 0.709. The lowest BCUT2D eigenvalue weighted by Crippen LogP contribution is -2.39. The third-order valence-corrected chi connectivity index (χ3v) is 7.00. The highest BCUT2D eigenvalue weighted by atomic mass is 32.1. The van der Waals surface area contributed by atoms with Crippen LogP contribution >= 0.6 is 22.7 Å². The molecule has 3 aromatic rings. The third kappa shape index (κ3) is 3.25. The number of pyridine rings is 1. The molecule has 3 aromatic heterocycles. The van der Waals surface area contributed by atoms with Crippen molar-refractivity contribution in [1.29, 1.82) is 0 Å². The lowest BCUT2D eigenvalue weighted by Gasteiger charge is -2.30. The molecular weight excluding hydrogens is 364 g/mol. The topological polar surface area (TPSA) is 74.8 Å². The molecule has 0 aromatic carbocycles. The van der Waals surface area contributed by atoms with Crippen LogP contribution < -0.4 is 16.2 Å². The monoisotopic (exact) mass is 384 g/mol. The Morgan fingerprint density at radius 1 is 1.15 bits per heavy atom. The molecule has 8 heteroatoms. The SMILES string of the molecule is c1csc(-c2cncc(-c3nnc(NC4CCC5NNCC5C4)s3)c2)c1. The van der Waals surface area contributed by atoms with Gasteiger partial charge in [-0.1, -0.05) is 17.4 Å². The highest BCUT2D eigenvalue weighted by molar-refractivity contribution is 7.18. The maximum atomic E-state index is 4.39. The van der Waals surface area contributed by atoms with Gasteiger partial charge in [0.15, 0.2) is 5.01 Å². The number of hydrazine groups is 1. The van der Waals surface area contributed by atoms with Gasteiger partial charge in [0.25, 0.3) is 0 Å². The van der Waals surface area contributed by atoms with Crippen molar-refractivity contribution in [3.63, 3.8) is 0 Å². The number of anilines is 1. The molecule has 2 fully saturated rings. The largest absolute Gasteiger partial charge is 0.357 e. The number of thiophene rings is 1. The zero-order chi connectivity index (χ0) is 17.3. The summed E-state index contributed by atoms with van der Waals surface area (Å²) in [5.41, 5.74) is 8.81. The molecule has 3 unspecified atom stereocenters. The minimum atomic E-state index is 0.481. The van der Waals surface area contributed by atoms with E-state index in [2.05, 4.69) is 54.9 Å². The number of aromatic nitrogens is 3. The van der Waals surface area contributed by atoms with Crippen molar-refractivity contribution in [1.82, 2.24) is 26.0 Å². The van der Waals surface area contributed by atoms with E-state index in [0.29, 0.717) is 18.0 Å². The molecule has 4 heterocycles. The van der Waals surface area contributed by atoms with E-state index < -0.39 is 0 Å². The van der Waals surface area contributed by atoms with E-state index >= 15 is 0 Å². The van der Waals surface area contributed by atoms with Crippen LogP contribution in [0.3, 0.4) is 0 Å². The Bertz CT molecular complexity index is 877. The summed E-state index contributed by atoms with van der Waals surface area (Å²) in [6, 6.07) is 7.42. The first-order valence-corrected chi connectivity index (χ1v) is 10.6. The summed E-state index contributed by atoms with van der Waals surface area (Å²) in [6.07, 6.45) is 7.31. The second kappa shape index (κ2) is 7.03. The van der Waals surface area contributed by atoms with Crippen LogP contribution in [0.5, 0.6) is 0 Å². The average Bonchev–Trinajstić information content (AvgIpc) is 3.43. The van der Waals surface area contributed by atoms with E-state index in [1.165, 1.54) is 24.1 Å². The van der Waals surface area contributed by atoms with Gasteiger partial charge in [-0.15, -0.1) is 21.5 Å². The fourth-order valence-corrected chi connectivity index (χ4v) is 5.35. The Balaban J connectivity index is 1.30. The molecule has 1 aliphatic carbocycles. The molecule has 2 aliphatic rings. The van der Waals surface area contributed by atoms with Gasteiger partial charge in [0.1, 0.15) is 0 Å². The molecule has 0 spiro atoms. The van der Waals surface area contributed by atoms with Crippen molar-refractivity contribution < 1.29 is 0 Å². The standard InChI is InChI=1S/C18H20N6S2/c1-2-16(25-5-1)12-6-13(9-19-8-12)17-23-24-18(26-17)21-14-3-4-15-11(7-14)10-20-22-15/h1-2,5-6,8-9,11,14-15,20,22H,3-4,7,10H2,(H,21,24). The van der Waals surface area contributed by atoms with Crippen molar-refractivity contribution in [2.45, 2.75) is 31.3 Å². The van der Waals surface area contributed by atoms with Crippen molar-refractivity contribution in [2.75, 3.05) is 11.9 Å². The molecule has 6 nitrogen and oxygen atoms in total. The Morgan fingerprint density at radius 3 is 3.04 bits per heavy atom. The molecular formula is C18H20N6S2. The highest BCUT2D eigenvalue weighted by Gasteiger charge is 2.33. The van der Waals surface area contributed by atoms with E-state index in [0.717, 1.165) is 27.8 Å². The van der Waals surface area contributed by atoms with Gasteiger partial charge < -0.3 is 5.32 Å². The van der Waals surface area contributed by atoms with Crippen LogP contribution in [-0.4, -0.2) is 33.8 Å². The minimum Gasteiger partial charge on any atom is -0.357 e. The summed E-state index contributed by atoms with van der Waals surface area (Å²) in [7, 11) is 0. The third-order valence-electron chi connectivity index (χ3n) is 5.18. The smallest absolute Gasteiger partial charge is 0.206 e. The molecule has 1 saturated heterocycles. The number of rotatable bonds is 4. The number of hydrogen-bond acceptors (Lipinski definition) is 8. The van der Waals surface area contributed by atoms with E-state index in [1.807, 2.05) is 12.4 Å². The van der Waals surface area contributed by atoms with E-state index in [-0.39, 0.29) is 0 Å². The first-order valence-electron chi connectivity index (χ1n) is 8.93. The Labute approximate surface area is 160 Å². The number of hydrogen-bond donors (Lipinski definition) is 3. The van der Waals surface area contributed by atoms with Gasteiger partial charge in [-0.25, -0.2) is 0 Å². The maximum absolute atomic E-state index is 4.39. The molecule has 5 rings (SSSR count). The van der Waals surface area contributed by atoms with Crippen LogP contribution in [-0.2, 0) is 0 Å². The predicted octanol–water partition coefficient (Wildman–Crippen LogP) is 3.39. The Hall–Kier alpha value is -1.87. The normalized spacial score (nSPS) is 25.2. The number of fused-ring (bicyclic) bond motifs is 1. The van der Waals surface area contributed by atoms with Crippen molar-refractivity contribution in [2.24, 2.45) is 5.92 Å². The van der Waals surface area contributed by atoms with Crippen LogP contribution in [0.4, 0.5) is 5.13 Å². The summed E-state index contributed by atoms with van der Waals surface area (Å²) in [6.45, 7) is 1.06. The zero-order valence-corrected chi connectivity index (χ0v) is 15.8. The molecule has 0 radical (unpaired) electrons. The number of nitrogens with one attached hydrogen (secondary N) is 3. The molecule has 1 saturated carbocycles. The maximum Gasteiger partial charge on any atom is 0.206 e. The second-order valence-corrected chi connectivity index (χ2v) is 8.82. The van der Waals surface area contributed by atoms with E-state index in [4.69, 9.17) is 0 Å². The molecule has 0 bridgehead atoms. The van der Waals surface area contributed by atoms with Crippen LogP contribution in [0.2, 0.25) is 0 Å². The minimum absolute atomic E-state index is 0.481. The van der Waals surface area contributed by atoms with Crippen LogP contribution in [0.15, 0.2) is 36.0 Å². The van der Waals surface area contributed by atoms with Crippen molar-refractivity contribution >= 4 is 27.8 Å². The quantitative estimate of drug-likeness (QED) is 0.640. The Morgan fingerprint density at radius 2 is 2.12 bits per heavy atom. The fraction of sp³-hybridized carbons (Fsp3) is 0.389. The summed E-state index contributed by atoms with van der Waals surface area (Å²) in [5, 5.41) is 16.3. The Kier molecular flexibility index (Phi) is 4.41. The summed E-state index contributed by atoms with van der Waals surface area (Å²) in [4.78, 5) is 5.61. The summed E-state index contributed by atoms with van der Waals surface area (Å²) >= 11 is 3.33. The zero-order valence-electron chi connectivity index (χ0n) is 14.2. The van der Waals surface area contributed by atoms with Crippen LogP contribution in [0.25, 0.3) is 21.0 Å². The van der Waals surface area contributed by atoms with Crippen molar-refractivity contribution in [3.8, 4) is 21.0 Å². The molecule has 0 amide bonds. The van der Waals surface area contributed by atoms with Gasteiger partial charge in [-0.3, -0.25) is 15.8 Å². The lowest BCUT2D eigenvalue weighted by molar-refractivity contribution is 0.314. The van der Waals surface area contributed by atoms with Crippen molar-refractivity contribution in [3.05, 3.63) is 36.0 Å². The molecule has 1 aliphatic heterocycles. The van der Waals surface area contributed by atoms with Gasteiger partial charge in [0.2, 0.25) is 5.13 Å². The molecule has 26 heavy (non-hydrogen) atoms. The van der Waals surface area contributed by atoms with Gasteiger partial charge >= 0.3 is 0 Å². The molecule has 3 N–H and O–H groups in total. The van der Waals surface area contributed by atoms with Crippen LogP contribution in [0, 0.1) is 5.92 Å². The highest BCUT2D eigenvalue weighted by Crippen LogP contribution is 2.33. The lowest BCUT2D eigenvalue weighted by atomic mass is 9.83. The van der Waals surface area contributed by atoms with Crippen LogP contribution in [0.1, 0.15) is 19.3 Å². The average molecular weight is 385 g/mol. The first-order chi connectivity index (χ1) is 12.8. The fourth-order valence-electron chi connectivity index (χ4n) is 3.84. The molecule has 134 valence electrons. The van der Waals surface area contributed by atoms with E-state index in [1.54, 1.807) is 22.7 Å². The first kappa shape index (κ1) is 16.3. The van der Waals surface area contributed by atoms with Gasteiger partial charge in [0.05, 0.1) is 0 Å². The number of nitrogens with zero attached hydrogens (tertiary/aromatic N) is 3.